The van der Waals surface area contributed by atoms with Crippen molar-refractivity contribution in [3.05, 3.63) is 78.4 Å². The first kappa shape index (κ1) is 19.1. The highest BCUT2D eigenvalue weighted by atomic mass is 32.2. The minimum absolute atomic E-state index is 0.0730. The van der Waals surface area contributed by atoms with Crippen LogP contribution in [0, 0.1) is 0 Å². The minimum Gasteiger partial charge on any atom is -0.285 e. The third kappa shape index (κ3) is 6.28. The average molecular weight is 380 g/mol. The van der Waals surface area contributed by atoms with Crippen molar-refractivity contribution in [3.63, 3.8) is 0 Å². The van der Waals surface area contributed by atoms with Gasteiger partial charge in [0.2, 0.25) is 0 Å². The molecule has 3 aromatic carbocycles. The zero-order valence-corrected chi connectivity index (χ0v) is 14.6. The van der Waals surface area contributed by atoms with Crippen molar-refractivity contribution < 1.29 is 25.9 Å². The minimum atomic E-state index is -4.09. The molecule has 0 heterocycles. The van der Waals surface area contributed by atoms with Crippen LogP contribution in [-0.4, -0.2) is 25.9 Å². The van der Waals surface area contributed by atoms with E-state index >= 15 is 0 Å². The maximum Gasteiger partial charge on any atom is 0.294 e. The second-order valence-electron chi connectivity index (χ2n) is 5.20. The third-order valence-corrected chi connectivity index (χ3v) is 4.76. The zero-order chi connectivity index (χ0) is 18.5. The Morgan fingerprint density at radius 2 is 1.24 bits per heavy atom. The molecule has 0 saturated heterocycles. The van der Waals surface area contributed by atoms with Crippen LogP contribution in [-0.2, 0) is 26.0 Å². The summed E-state index contributed by atoms with van der Waals surface area (Å²) in [5.41, 5.74) is 0.593. The normalized spacial score (nSPS) is 11.6. The monoisotopic (exact) mass is 380 g/mol. The summed E-state index contributed by atoms with van der Waals surface area (Å²) in [6, 6.07) is 20.4. The first-order valence-corrected chi connectivity index (χ1v) is 10.2. The highest BCUT2D eigenvalue weighted by Gasteiger charge is 2.08. The van der Waals surface area contributed by atoms with Crippen LogP contribution in [0.2, 0.25) is 0 Å². The van der Waals surface area contributed by atoms with Crippen molar-refractivity contribution in [2.75, 3.05) is 0 Å². The Morgan fingerprint density at radius 3 is 1.80 bits per heavy atom. The fraction of sp³-hybridized carbons (Fsp3) is 0.0588. The van der Waals surface area contributed by atoms with Crippen LogP contribution in [0.3, 0.4) is 0 Å². The lowest BCUT2D eigenvalue weighted by molar-refractivity contribution is 0.480. The topological polar surface area (TPSA) is 109 Å². The molecule has 3 aromatic rings. The zero-order valence-electron chi connectivity index (χ0n) is 13.0. The maximum absolute atomic E-state index is 10.8. The summed E-state index contributed by atoms with van der Waals surface area (Å²) in [6.45, 7) is 0. The van der Waals surface area contributed by atoms with Crippen molar-refractivity contribution in [1.82, 2.24) is 0 Å². The molecule has 132 valence electrons. The molecule has 0 aliphatic carbocycles. The molecule has 0 radical (unpaired) electrons. The molecule has 0 saturated carbocycles. The largest absolute Gasteiger partial charge is 0.294 e. The fourth-order valence-electron chi connectivity index (χ4n) is 2.11. The summed E-state index contributed by atoms with van der Waals surface area (Å²) in [5.74, 6) is -0.312. The lowest BCUT2D eigenvalue weighted by Gasteiger charge is -1.99. The molecule has 8 heteroatoms. The van der Waals surface area contributed by atoms with Gasteiger partial charge in [0.1, 0.15) is 5.75 Å². The number of rotatable bonds is 3. The van der Waals surface area contributed by atoms with Crippen LogP contribution in [0.15, 0.2) is 77.7 Å². The van der Waals surface area contributed by atoms with Gasteiger partial charge in [-0.2, -0.15) is 16.8 Å². The molecule has 0 aliphatic heterocycles. The van der Waals surface area contributed by atoms with Gasteiger partial charge in [-0.25, -0.2) is 0 Å². The third-order valence-electron chi connectivity index (χ3n) is 3.21. The fourth-order valence-corrected chi connectivity index (χ4v) is 3.24. The molecule has 0 bridgehead atoms. The number of hydrogen-bond donors (Lipinski definition) is 2. The first-order valence-electron chi connectivity index (χ1n) is 7.10. The molecule has 0 amide bonds. The summed E-state index contributed by atoms with van der Waals surface area (Å²) in [7, 11) is -7.97. The molecule has 0 atom stereocenters. The smallest absolute Gasteiger partial charge is 0.285 e. The number of benzene rings is 3. The molecule has 6 nitrogen and oxygen atoms in total. The Morgan fingerprint density at radius 1 is 0.680 bits per heavy atom. The Balaban J connectivity index is 0.000000186. The van der Waals surface area contributed by atoms with E-state index in [0.29, 0.717) is 5.56 Å². The predicted octanol–water partition coefficient (Wildman–Crippen LogP) is 3.16. The predicted molar refractivity (Wildman–Crippen MR) is 95.5 cm³/mol. The van der Waals surface area contributed by atoms with E-state index in [1.165, 1.54) is 12.1 Å². The van der Waals surface area contributed by atoms with Crippen LogP contribution in [0.25, 0.3) is 10.8 Å². The number of fused-ring (bicyclic) bond motifs is 1. The summed E-state index contributed by atoms with van der Waals surface area (Å²) < 4.78 is 59.6. The molecule has 0 fully saturated rings. The van der Waals surface area contributed by atoms with Crippen molar-refractivity contribution in [3.8, 4) is 0 Å². The van der Waals surface area contributed by atoms with Gasteiger partial charge in [-0.3, -0.25) is 9.11 Å². The van der Waals surface area contributed by atoms with Crippen LogP contribution < -0.4 is 0 Å². The van der Waals surface area contributed by atoms with Crippen LogP contribution in [0.4, 0.5) is 0 Å². The molecular weight excluding hydrogens is 364 g/mol. The van der Waals surface area contributed by atoms with Gasteiger partial charge in [0.15, 0.2) is 0 Å². The van der Waals surface area contributed by atoms with Gasteiger partial charge in [-0.15, -0.1) is 0 Å². The van der Waals surface area contributed by atoms with Gasteiger partial charge in [-0.1, -0.05) is 60.7 Å². The van der Waals surface area contributed by atoms with E-state index in [1.54, 1.807) is 42.5 Å². The first-order chi connectivity index (χ1) is 11.6. The van der Waals surface area contributed by atoms with E-state index in [9.17, 15) is 16.8 Å². The molecule has 25 heavy (non-hydrogen) atoms. The van der Waals surface area contributed by atoms with Gasteiger partial charge >= 0.3 is 0 Å². The van der Waals surface area contributed by atoms with Gasteiger partial charge in [0.25, 0.3) is 20.2 Å². The Labute approximate surface area is 146 Å². The maximum atomic E-state index is 10.8. The Bertz CT molecular complexity index is 1060. The SMILES string of the molecule is O=S(=O)(O)Cc1ccccc1.O=S(=O)(O)c1ccc2ccccc2c1. The average Bonchev–Trinajstić information content (AvgIpc) is 2.53. The van der Waals surface area contributed by atoms with Crippen molar-refractivity contribution in [2.45, 2.75) is 10.6 Å². The summed E-state index contributed by atoms with van der Waals surface area (Å²) in [6.07, 6.45) is 0. The highest BCUT2D eigenvalue weighted by molar-refractivity contribution is 7.85. The second kappa shape index (κ2) is 7.75. The molecule has 2 N–H and O–H groups in total. The van der Waals surface area contributed by atoms with Gasteiger partial charge in [0, 0.05) is 0 Å². The van der Waals surface area contributed by atoms with Gasteiger partial charge in [-0.05, 0) is 28.5 Å². The van der Waals surface area contributed by atoms with Gasteiger partial charge in [0.05, 0.1) is 4.90 Å². The lowest BCUT2D eigenvalue weighted by Crippen LogP contribution is -2.00. The standard InChI is InChI=1S/C10H8O3S.C7H8O3S/c11-14(12,13)10-6-5-8-3-1-2-4-9(8)7-10;8-11(9,10)6-7-4-2-1-3-5-7/h1-7H,(H,11,12,13);1-5H,6H2,(H,8,9,10). The van der Waals surface area contributed by atoms with Crippen molar-refractivity contribution in [1.29, 1.82) is 0 Å². The highest BCUT2D eigenvalue weighted by Crippen LogP contribution is 2.18. The number of hydrogen-bond acceptors (Lipinski definition) is 4. The van der Waals surface area contributed by atoms with Gasteiger partial charge < -0.3 is 0 Å². The molecule has 0 aromatic heterocycles. The van der Waals surface area contributed by atoms with E-state index in [4.69, 9.17) is 9.11 Å². The molecule has 0 spiro atoms. The molecule has 3 rings (SSSR count). The van der Waals surface area contributed by atoms with E-state index in [2.05, 4.69) is 0 Å². The lowest BCUT2D eigenvalue weighted by atomic mass is 10.1. The van der Waals surface area contributed by atoms with Crippen molar-refractivity contribution in [2.24, 2.45) is 0 Å². The summed E-state index contributed by atoms with van der Waals surface area (Å²) >= 11 is 0. The molecule has 0 aliphatic rings. The second-order valence-corrected chi connectivity index (χ2v) is 8.07. The van der Waals surface area contributed by atoms with Crippen molar-refractivity contribution >= 4 is 31.0 Å². The summed E-state index contributed by atoms with van der Waals surface area (Å²) in [4.78, 5) is -0.0730. The molecule has 0 unspecified atom stereocenters. The van der Waals surface area contributed by atoms with E-state index in [-0.39, 0.29) is 10.6 Å². The van der Waals surface area contributed by atoms with Crippen LogP contribution in [0.5, 0.6) is 0 Å². The molecular formula is C17H16O6S2. The quantitative estimate of drug-likeness (QED) is 0.676. The van der Waals surface area contributed by atoms with E-state index in [0.717, 1.165) is 10.8 Å². The Kier molecular flexibility index (Phi) is 5.91. The van der Waals surface area contributed by atoms with E-state index < -0.39 is 20.2 Å². The Hall–Kier alpha value is -2.26. The van der Waals surface area contributed by atoms with Crippen LogP contribution >= 0.6 is 0 Å². The van der Waals surface area contributed by atoms with Crippen LogP contribution in [0.1, 0.15) is 5.56 Å². The summed E-state index contributed by atoms with van der Waals surface area (Å²) in [5, 5.41) is 1.74. The van der Waals surface area contributed by atoms with E-state index in [1.807, 2.05) is 18.2 Å².